The van der Waals surface area contributed by atoms with Crippen LogP contribution in [0.15, 0.2) is 84.9 Å². The zero-order valence-corrected chi connectivity index (χ0v) is 20.8. The largest absolute Gasteiger partial charge is 0.478 e. The number of carbonyl (C=O) groups excluding carboxylic acids is 2. The molecule has 0 spiro atoms. The molecule has 3 N–H and O–H groups in total. The van der Waals surface area contributed by atoms with Crippen LogP contribution in [0.3, 0.4) is 0 Å². The summed E-state index contributed by atoms with van der Waals surface area (Å²) in [6.45, 7) is 0.920. The Balaban J connectivity index is 1.33. The van der Waals surface area contributed by atoms with Gasteiger partial charge < -0.3 is 20.5 Å². The Morgan fingerprint density at radius 3 is 1.67 bits per heavy atom. The van der Waals surface area contributed by atoms with E-state index in [0.29, 0.717) is 16.8 Å². The number of benzene rings is 4. The van der Waals surface area contributed by atoms with Gasteiger partial charge in [0, 0.05) is 5.69 Å². The fourth-order valence-electron chi connectivity index (χ4n) is 3.84. The summed E-state index contributed by atoms with van der Waals surface area (Å²) in [5.74, 6) is -3.15. The number of amides is 2. The Morgan fingerprint density at radius 2 is 1.13 bits per heavy atom. The van der Waals surface area contributed by atoms with E-state index in [1.165, 1.54) is 48.5 Å². The molecular formula is C30H24F2N2O5. The SMILES string of the molecule is Cc1ccc(-c2ccc(F)cc2)cc1NC(=O)COCC(=O)Nc1ccc(-c2ccc(F)cc2)cc1C(=O)O. The summed E-state index contributed by atoms with van der Waals surface area (Å²) < 4.78 is 31.6. The van der Waals surface area contributed by atoms with Gasteiger partial charge in [-0.1, -0.05) is 42.5 Å². The summed E-state index contributed by atoms with van der Waals surface area (Å²) in [5.41, 5.74) is 3.97. The molecule has 4 aromatic rings. The number of aryl methyl sites for hydroxylation is 1. The average molecular weight is 531 g/mol. The summed E-state index contributed by atoms with van der Waals surface area (Å²) in [4.78, 5) is 36.5. The van der Waals surface area contributed by atoms with E-state index in [0.717, 1.165) is 16.7 Å². The van der Waals surface area contributed by atoms with E-state index >= 15 is 0 Å². The lowest BCUT2D eigenvalue weighted by Crippen LogP contribution is -2.24. The lowest BCUT2D eigenvalue weighted by Gasteiger charge is -2.12. The molecule has 39 heavy (non-hydrogen) atoms. The molecule has 0 aromatic heterocycles. The highest BCUT2D eigenvalue weighted by Crippen LogP contribution is 2.27. The molecule has 4 rings (SSSR count). The Labute approximate surface area is 223 Å². The predicted molar refractivity (Wildman–Crippen MR) is 143 cm³/mol. The van der Waals surface area contributed by atoms with Crippen LogP contribution in [-0.4, -0.2) is 36.1 Å². The third-order valence-electron chi connectivity index (χ3n) is 5.86. The third-order valence-corrected chi connectivity index (χ3v) is 5.86. The predicted octanol–water partition coefficient (Wildman–Crippen LogP) is 5.90. The van der Waals surface area contributed by atoms with Crippen molar-refractivity contribution in [3.8, 4) is 22.3 Å². The molecule has 0 aliphatic heterocycles. The number of halogens is 2. The summed E-state index contributed by atoms with van der Waals surface area (Å²) in [5, 5.41) is 14.8. The minimum atomic E-state index is -1.26. The summed E-state index contributed by atoms with van der Waals surface area (Å²) >= 11 is 0. The van der Waals surface area contributed by atoms with Crippen LogP contribution in [0.4, 0.5) is 20.2 Å². The van der Waals surface area contributed by atoms with Gasteiger partial charge >= 0.3 is 5.97 Å². The van der Waals surface area contributed by atoms with E-state index in [4.69, 9.17) is 4.74 Å². The van der Waals surface area contributed by atoms with E-state index in [1.807, 2.05) is 19.1 Å². The maximum absolute atomic E-state index is 13.2. The second-order valence-corrected chi connectivity index (χ2v) is 8.70. The van der Waals surface area contributed by atoms with Gasteiger partial charge in [-0.2, -0.15) is 0 Å². The fraction of sp³-hybridized carbons (Fsp3) is 0.100. The van der Waals surface area contributed by atoms with Crippen molar-refractivity contribution >= 4 is 29.2 Å². The first-order valence-electron chi connectivity index (χ1n) is 11.9. The van der Waals surface area contributed by atoms with Gasteiger partial charge in [-0.05, 0) is 77.2 Å². The normalized spacial score (nSPS) is 10.6. The molecule has 0 saturated carbocycles. The van der Waals surface area contributed by atoms with E-state index in [1.54, 1.807) is 24.3 Å². The highest BCUT2D eigenvalue weighted by molar-refractivity contribution is 6.02. The summed E-state index contributed by atoms with van der Waals surface area (Å²) in [7, 11) is 0. The van der Waals surface area contributed by atoms with Gasteiger partial charge in [-0.15, -0.1) is 0 Å². The minimum Gasteiger partial charge on any atom is -0.478 e. The molecule has 9 heteroatoms. The summed E-state index contributed by atoms with van der Waals surface area (Å²) in [6, 6.07) is 21.4. The Kier molecular flexibility index (Phi) is 8.43. The highest BCUT2D eigenvalue weighted by atomic mass is 19.1. The Bertz CT molecular complexity index is 1520. The van der Waals surface area contributed by atoms with E-state index in [2.05, 4.69) is 10.6 Å². The number of ether oxygens (including phenoxy) is 1. The van der Waals surface area contributed by atoms with Gasteiger partial charge in [0.2, 0.25) is 11.8 Å². The molecule has 7 nitrogen and oxygen atoms in total. The van der Waals surface area contributed by atoms with Crippen LogP contribution < -0.4 is 10.6 Å². The zero-order chi connectivity index (χ0) is 27.9. The molecule has 4 aromatic carbocycles. The lowest BCUT2D eigenvalue weighted by molar-refractivity contribution is -0.125. The van der Waals surface area contributed by atoms with Crippen molar-refractivity contribution in [1.29, 1.82) is 0 Å². The van der Waals surface area contributed by atoms with Crippen molar-refractivity contribution in [3.05, 3.63) is 108 Å². The standard InChI is InChI=1S/C30H24F2N2O5/c1-18-2-3-22(20-6-11-24(32)12-7-20)15-27(18)34-29(36)17-39-16-28(35)33-26-13-8-21(14-25(26)30(37)38)19-4-9-23(31)10-5-19/h2-15H,16-17H2,1H3,(H,33,35)(H,34,36)(H,37,38). The van der Waals surface area contributed by atoms with Crippen molar-refractivity contribution in [2.75, 3.05) is 23.8 Å². The smallest absolute Gasteiger partial charge is 0.337 e. The van der Waals surface area contributed by atoms with Crippen LogP contribution in [0.25, 0.3) is 22.3 Å². The Hall–Kier alpha value is -4.89. The molecule has 0 aliphatic carbocycles. The molecule has 0 bridgehead atoms. The number of hydrogen-bond donors (Lipinski definition) is 3. The number of anilines is 2. The third kappa shape index (κ3) is 7.12. The minimum absolute atomic E-state index is 0.0552. The van der Waals surface area contributed by atoms with Crippen molar-refractivity contribution in [1.82, 2.24) is 0 Å². The quantitative estimate of drug-likeness (QED) is 0.250. The first kappa shape index (κ1) is 27.2. The van der Waals surface area contributed by atoms with Crippen molar-refractivity contribution in [2.45, 2.75) is 6.92 Å². The number of aromatic carboxylic acids is 1. The van der Waals surface area contributed by atoms with E-state index in [-0.39, 0.29) is 17.1 Å². The second kappa shape index (κ2) is 12.1. The number of hydrogen-bond acceptors (Lipinski definition) is 4. The van der Waals surface area contributed by atoms with Crippen molar-refractivity contribution in [2.24, 2.45) is 0 Å². The monoisotopic (exact) mass is 530 g/mol. The maximum atomic E-state index is 13.2. The van der Waals surface area contributed by atoms with Crippen LogP contribution in [-0.2, 0) is 14.3 Å². The van der Waals surface area contributed by atoms with E-state index < -0.39 is 36.8 Å². The molecular weight excluding hydrogens is 506 g/mol. The van der Waals surface area contributed by atoms with Gasteiger partial charge in [-0.3, -0.25) is 9.59 Å². The summed E-state index contributed by atoms with van der Waals surface area (Å²) in [6.07, 6.45) is 0. The average Bonchev–Trinajstić information content (AvgIpc) is 2.91. The zero-order valence-electron chi connectivity index (χ0n) is 20.8. The molecule has 0 atom stereocenters. The molecule has 0 radical (unpaired) electrons. The number of carbonyl (C=O) groups is 3. The molecule has 0 fully saturated rings. The topological polar surface area (TPSA) is 105 Å². The first-order valence-corrected chi connectivity index (χ1v) is 11.9. The van der Waals surface area contributed by atoms with Crippen LogP contribution in [0.5, 0.6) is 0 Å². The molecule has 0 heterocycles. The second-order valence-electron chi connectivity index (χ2n) is 8.70. The van der Waals surface area contributed by atoms with Crippen LogP contribution in [0.2, 0.25) is 0 Å². The molecule has 0 saturated heterocycles. The Morgan fingerprint density at radius 1 is 0.667 bits per heavy atom. The number of rotatable bonds is 9. The molecule has 2 amide bonds. The number of nitrogens with one attached hydrogen (secondary N) is 2. The van der Waals surface area contributed by atoms with Crippen molar-refractivity contribution < 1.29 is 33.0 Å². The number of carboxylic acid groups (broad SMARTS) is 1. The van der Waals surface area contributed by atoms with Gasteiger partial charge in [0.05, 0.1) is 11.3 Å². The molecule has 0 unspecified atom stereocenters. The van der Waals surface area contributed by atoms with Crippen LogP contribution in [0.1, 0.15) is 15.9 Å². The lowest BCUT2D eigenvalue weighted by atomic mass is 10.0. The van der Waals surface area contributed by atoms with E-state index in [9.17, 15) is 28.3 Å². The molecule has 198 valence electrons. The fourth-order valence-corrected chi connectivity index (χ4v) is 3.84. The van der Waals surface area contributed by atoms with Gasteiger partial charge in [0.25, 0.3) is 0 Å². The maximum Gasteiger partial charge on any atom is 0.337 e. The van der Waals surface area contributed by atoms with Crippen LogP contribution >= 0.6 is 0 Å². The first-order chi connectivity index (χ1) is 18.7. The van der Waals surface area contributed by atoms with Gasteiger partial charge in [0.15, 0.2) is 0 Å². The van der Waals surface area contributed by atoms with Crippen LogP contribution in [0, 0.1) is 18.6 Å². The van der Waals surface area contributed by atoms with Gasteiger partial charge in [0.1, 0.15) is 24.8 Å². The number of carboxylic acids is 1. The van der Waals surface area contributed by atoms with Gasteiger partial charge in [-0.25, -0.2) is 13.6 Å². The molecule has 0 aliphatic rings. The van der Waals surface area contributed by atoms with Crippen molar-refractivity contribution in [3.63, 3.8) is 0 Å². The highest BCUT2D eigenvalue weighted by Gasteiger charge is 2.15.